The lowest BCUT2D eigenvalue weighted by Gasteiger charge is -2.24. The fourth-order valence-electron chi connectivity index (χ4n) is 3.87. The highest BCUT2D eigenvalue weighted by Crippen LogP contribution is 2.31. The van der Waals surface area contributed by atoms with E-state index in [-0.39, 0.29) is 5.91 Å². The molecule has 144 valence electrons. The van der Waals surface area contributed by atoms with Gasteiger partial charge in [0.05, 0.1) is 23.1 Å². The number of hydrogen-bond donors (Lipinski definition) is 2. The topological polar surface area (TPSA) is 59.0 Å². The normalized spacial score (nSPS) is 14.8. The van der Waals surface area contributed by atoms with Crippen LogP contribution in [0, 0.1) is 13.8 Å². The molecule has 1 aliphatic heterocycles. The first-order chi connectivity index (χ1) is 13.6. The maximum atomic E-state index is 13.2. The fraction of sp³-hybridized carbons (Fsp3) is 0.304. The average Bonchev–Trinajstić information content (AvgIpc) is 3.18. The monoisotopic (exact) mass is 374 g/mol. The molecule has 2 aromatic carbocycles. The number of benzene rings is 2. The quantitative estimate of drug-likeness (QED) is 0.719. The SMILES string of the molecule is Cc1cccc(NC(=O)c2cnn(-c3ccccc3)c2C2CCNCC2)c1C. The van der Waals surface area contributed by atoms with Crippen molar-refractivity contribution in [1.82, 2.24) is 15.1 Å². The fourth-order valence-corrected chi connectivity index (χ4v) is 3.87. The van der Waals surface area contributed by atoms with Gasteiger partial charge in [-0.25, -0.2) is 4.68 Å². The Balaban J connectivity index is 1.73. The van der Waals surface area contributed by atoms with Crippen molar-refractivity contribution < 1.29 is 4.79 Å². The first-order valence-electron chi connectivity index (χ1n) is 9.87. The molecular weight excluding hydrogens is 348 g/mol. The van der Waals surface area contributed by atoms with E-state index in [0.717, 1.165) is 54.1 Å². The van der Waals surface area contributed by atoms with Crippen LogP contribution in [-0.2, 0) is 0 Å². The molecule has 2 heterocycles. The number of aryl methyl sites for hydroxylation is 1. The van der Waals surface area contributed by atoms with Gasteiger partial charge in [0.2, 0.25) is 0 Å². The zero-order chi connectivity index (χ0) is 19.5. The summed E-state index contributed by atoms with van der Waals surface area (Å²) in [6.45, 7) is 6.01. The molecule has 1 aromatic heterocycles. The van der Waals surface area contributed by atoms with E-state index < -0.39 is 0 Å². The lowest BCUT2D eigenvalue weighted by Crippen LogP contribution is -2.29. The molecular formula is C23H26N4O. The molecule has 0 saturated carbocycles. The van der Waals surface area contributed by atoms with Gasteiger partial charge in [0, 0.05) is 11.6 Å². The molecule has 2 N–H and O–H groups in total. The van der Waals surface area contributed by atoms with Crippen molar-refractivity contribution in [3.63, 3.8) is 0 Å². The third-order valence-electron chi connectivity index (χ3n) is 5.63. The summed E-state index contributed by atoms with van der Waals surface area (Å²) in [5.41, 5.74) is 5.77. The summed E-state index contributed by atoms with van der Waals surface area (Å²) < 4.78 is 1.94. The van der Waals surface area contributed by atoms with Crippen LogP contribution in [0.1, 0.15) is 45.9 Å². The van der Waals surface area contributed by atoms with Crippen LogP contribution in [0.15, 0.2) is 54.7 Å². The van der Waals surface area contributed by atoms with Crippen molar-refractivity contribution >= 4 is 11.6 Å². The molecule has 0 radical (unpaired) electrons. The zero-order valence-corrected chi connectivity index (χ0v) is 16.4. The molecule has 1 fully saturated rings. The number of hydrogen-bond acceptors (Lipinski definition) is 3. The molecule has 1 saturated heterocycles. The van der Waals surface area contributed by atoms with Gasteiger partial charge in [0.1, 0.15) is 0 Å². The number of amides is 1. The molecule has 28 heavy (non-hydrogen) atoms. The van der Waals surface area contributed by atoms with Crippen molar-refractivity contribution in [3.05, 3.63) is 77.1 Å². The Hall–Kier alpha value is -2.92. The minimum Gasteiger partial charge on any atom is -0.322 e. The molecule has 5 nitrogen and oxygen atoms in total. The lowest BCUT2D eigenvalue weighted by molar-refractivity contribution is 0.102. The Bertz CT molecular complexity index is 972. The number of carbonyl (C=O) groups excluding carboxylic acids is 1. The first kappa shape index (κ1) is 18.4. The number of carbonyl (C=O) groups is 1. The largest absolute Gasteiger partial charge is 0.322 e. The van der Waals surface area contributed by atoms with E-state index in [0.29, 0.717) is 11.5 Å². The maximum absolute atomic E-state index is 13.2. The molecule has 1 aliphatic rings. The van der Waals surface area contributed by atoms with Crippen molar-refractivity contribution in [1.29, 1.82) is 0 Å². The Morgan fingerprint density at radius 1 is 1.07 bits per heavy atom. The Morgan fingerprint density at radius 2 is 1.82 bits per heavy atom. The molecule has 0 spiro atoms. The van der Waals surface area contributed by atoms with Crippen LogP contribution in [0.3, 0.4) is 0 Å². The van der Waals surface area contributed by atoms with Crippen molar-refractivity contribution in [3.8, 4) is 5.69 Å². The van der Waals surface area contributed by atoms with Crippen LogP contribution >= 0.6 is 0 Å². The van der Waals surface area contributed by atoms with E-state index in [4.69, 9.17) is 0 Å². The Kier molecular flexibility index (Phi) is 5.26. The van der Waals surface area contributed by atoms with Crippen LogP contribution in [0.25, 0.3) is 5.69 Å². The highest BCUT2D eigenvalue weighted by molar-refractivity contribution is 6.05. The number of rotatable bonds is 4. The number of para-hydroxylation sites is 1. The number of aromatic nitrogens is 2. The van der Waals surface area contributed by atoms with Crippen molar-refractivity contribution in [2.75, 3.05) is 18.4 Å². The number of anilines is 1. The third kappa shape index (κ3) is 3.58. The molecule has 1 amide bonds. The highest BCUT2D eigenvalue weighted by Gasteiger charge is 2.27. The molecule has 5 heteroatoms. The molecule has 0 unspecified atom stereocenters. The predicted octanol–water partition coefficient (Wildman–Crippen LogP) is 4.21. The summed E-state index contributed by atoms with van der Waals surface area (Å²) >= 11 is 0. The lowest BCUT2D eigenvalue weighted by atomic mass is 9.91. The van der Waals surface area contributed by atoms with E-state index in [9.17, 15) is 4.79 Å². The standard InChI is InChI=1S/C23H26N4O/c1-16-7-6-10-21(17(16)2)26-23(28)20-15-25-27(19-8-4-3-5-9-19)22(20)18-11-13-24-14-12-18/h3-10,15,18,24H,11-14H2,1-2H3,(H,26,28). The van der Waals surface area contributed by atoms with Crippen LogP contribution < -0.4 is 10.6 Å². The molecule has 4 rings (SSSR count). The van der Waals surface area contributed by atoms with E-state index in [1.54, 1.807) is 6.20 Å². The van der Waals surface area contributed by atoms with Gasteiger partial charge < -0.3 is 10.6 Å². The summed E-state index contributed by atoms with van der Waals surface area (Å²) in [4.78, 5) is 13.2. The van der Waals surface area contributed by atoms with E-state index in [1.807, 2.05) is 54.1 Å². The average molecular weight is 374 g/mol. The second-order valence-electron chi connectivity index (χ2n) is 7.42. The summed E-state index contributed by atoms with van der Waals surface area (Å²) in [5, 5.41) is 11.1. The summed E-state index contributed by atoms with van der Waals surface area (Å²) in [6, 6.07) is 16.0. The van der Waals surface area contributed by atoms with Gasteiger partial charge in [-0.05, 0) is 69.1 Å². The van der Waals surface area contributed by atoms with Gasteiger partial charge in [-0.2, -0.15) is 5.10 Å². The highest BCUT2D eigenvalue weighted by atomic mass is 16.1. The number of piperidine rings is 1. The Labute approximate surface area is 165 Å². The van der Waals surface area contributed by atoms with E-state index >= 15 is 0 Å². The third-order valence-corrected chi connectivity index (χ3v) is 5.63. The second kappa shape index (κ2) is 7.98. The van der Waals surface area contributed by atoms with Crippen LogP contribution in [0.4, 0.5) is 5.69 Å². The Morgan fingerprint density at radius 3 is 2.57 bits per heavy atom. The molecule has 0 aliphatic carbocycles. The first-order valence-corrected chi connectivity index (χ1v) is 9.87. The van der Waals surface area contributed by atoms with Gasteiger partial charge in [-0.3, -0.25) is 4.79 Å². The van der Waals surface area contributed by atoms with Crippen LogP contribution in [0.2, 0.25) is 0 Å². The maximum Gasteiger partial charge on any atom is 0.259 e. The van der Waals surface area contributed by atoms with Crippen LogP contribution in [0.5, 0.6) is 0 Å². The number of nitrogens with zero attached hydrogens (tertiary/aromatic N) is 2. The van der Waals surface area contributed by atoms with Gasteiger partial charge in [0.15, 0.2) is 0 Å². The van der Waals surface area contributed by atoms with Crippen molar-refractivity contribution in [2.45, 2.75) is 32.6 Å². The number of nitrogens with one attached hydrogen (secondary N) is 2. The predicted molar refractivity (Wildman–Crippen MR) is 112 cm³/mol. The van der Waals surface area contributed by atoms with Crippen molar-refractivity contribution in [2.24, 2.45) is 0 Å². The minimum atomic E-state index is -0.0931. The van der Waals surface area contributed by atoms with Gasteiger partial charge >= 0.3 is 0 Å². The smallest absolute Gasteiger partial charge is 0.259 e. The summed E-state index contributed by atoms with van der Waals surface area (Å²) in [6.07, 6.45) is 3.72. The molecule has 0 bridgehead atoms. The summed E-state index contributed by atoms with van der Waals surface area (Å²) in [5.74, 6) is 0.215. The second-order valence-corrected chi connectivity index (χ2v) is 7.42. The summed E-state index contributed by atoms with van der Waals surface area (Å²) in [7, 11) is 0. The minimum absolute atomic E-state index is 0.0931. The van der Waals surface area contributed by atoms with Crippen LogP contribution in [-0.4, -0.2) is 28.8 Å². The molecule has 3 aromatic rings. The van der Waals surface area contributed by atoms with Gasteiger partial charge in [-0.15, -0.1) is 0 Å². The zero-order valence-electron chi connectivity index (χ0n) is 16.4. The van der Waals surface area contributed by atoms with E-state index in [2.05, 4.69) is 28.7 Å². The van der Waals surface area contributed by atoms with Gasteiger partial charge in [-0.1, -0.05) is 30.3 Å². The molecule has 0 atom stereocenters. The van der Waals surface area contributed by atoms with Gasteiger partial charge in [0.25, 0.3) is 5.91 Å². The van der Waals surface area contributed by atoms with E-state index in [1.165, 1.54) is 0 Å².